The highest BCUT2D eigenvalue weighted by Gasteiger charge is 2.12. The van der Waals surface area contributed by atoms with Crippen LogP contribution in [-0.4, -0.2) is 37.3 Å². The third-order valence-electron chi connectivity index (χ3n) is 5.04. The predicted octanol–water partition coefficient (Wildman–Crippen LogP) is 4.83. The Morgan fingerprint density at radius 1 is 1.00 bits per heavy atom. The fourth-order valence-corrected chi connectivity index (χ4v) is 3.59. The summed E-state index contributed by atoms with van der Waals surface area (Å²) in [4.78, 5) is 16.8. The van der Waals surface area contributed by atoms with E-state index in [-0.39, 0.29) is 12.5 Å². The van der Waals surface area contributed by atoms with E-state index < -0.39 is 0 Å². The third kappa shape index (κ3) is 4.57. The summed E-state index contributed by atoms with van der Waals surface area (Å²) in [6, 6.07) is 22.1. The summed E-state index contributed by atoms with van der Waals surface area (Å²) in [5, 5.41) is 16.4. The minimum Gasteiger partial charge on any atom is -0.482 e. The molecule has 8 nitrogen and oxygen atoms in total. The summed E-state index contributed by atoms with van der Waals surface area (Å²) in [6.07, 6.45) is 1.70. The Kier molecular flexibility index (Phi) is 5.88. The van der Waals surface area contributed by atoms with Gasteiger partial charge in [0.05, 0.1) is 10.7 Å². The van der Waals surface area contributed by atoms with E-state index in [1.54, 1.807) is 28.9 Å². The van der Waals surface area contributed by atoms with Crippen molar-refractivity contribution in [2.24, 2.45) is 0 Å². The van der Waals surface area contributed by atoms with Gasteiger partial charge >= 0.3 is 0 Å². The first-order valence-corrected chi connectivity index (χ1v) is 10.9. The molecule has 3 heterocycles. The maximum absolute atomic E-state index is 12.4. The van der Waals surface area contributed by atoms with Crippen LogP contribution < -0.4 is 10.1 Å². The summed E-state index contributed by atoms with van der Waals surface area (Å²) in [5.41, 5.74) is 4.43. The molecule has 0 spiro atoms. The molecule has 9 heteroatoms. The number of hydrogen-bond acceptors (Lipinski definition) is 6. The molecule has 3 aromatic heterocycles. The number of anilines is 1. The van der Waals surface area contributed by atoms with E-state index in [1.807, 2.05) is 61.5 Å². The van der Waals surface area contributed by atoms with Crippen molar-refractivity contribution in [2.75, 3.05) is 11.9 Å². The molecule has 1 N–H and O–H groups in total. The molecule has 0 aliphatic heterocycles. The number of ether oxygens (including phenoxy) is 1. The molecule has 1 amide bonds. The first kappa shape index (κ1) is 21.5. The van der Waals surface area contributed by atoms with Gasteiger partial charge in [0, 0.05) is 17.4 Å². The highest BCUT2D eigenvalue weighted by atomic mass is 35.5. The molecule has 0 atom stereocenters. The highest BCUT2D eigenvalue weighted by molar-refractivity contribution is 6.32. The normalized spacial score (nSPS) is 10.9. The van der Waals surface area contributed by atoms with Gasteiger partial charge < -0.3 is 10.1 Å². The Morgan fingerprint density at radius 3 is 2.76 bits per heavy atom. The number of halogens is 1. The zero-order valence-electron chi connectivity index (χ0n) is 18.1. The van der Waals surface area contributed by atoms with Gasteiger partial charge in [0.15, 0.2) is 12.3 Å². The fraction of sp³-hybridized carbons (Fsp3) is 0.0800. The van der Waals surface area contributed by atoms with Crippen LogP contribution in [-0.2, 0) is 4.79 Å². The first-order valence-electron chi connectivity index (χ1n) is 10.5. The van der Waals surface area contributed by atoms with Gasteiger partial charge in [-0.15, -0.1) is 10.2 Å². The van der Waals surface area contributed by atoms with E-state index in [0.29, 0.717) is 39.3 Å². The molecule has 0 aliphatic carbocycles. The Balaban J connectivity index is 1.34. The van der Waals surface area contributed by atoms with Crippen LogP contribution in [0.2, 0.25) is 5.02 Å². The number of pyridine rings is 1. The van der Waals surface area contributed by atoms with Gasteiger partial charge in [-0.1, -0.05) is 35.9 Å². The van der Waals surface area contributed by atoms with Crippen molar-refractivity contribution in [1.82, 2.24) is 24.8 Å². The molecule has 168 valence electrons. The summed E-state index contributed by atoms with van der Waals surface area (Å²) < 4.78 is 7.24. The summed E-state index contributed by atoms with van der Waals surface area (Å²) in [5.74, 6) is 0.726. The summed E-state index contributed by atoms with van der Waals surface area (Å²) >= 11 is 6.13. The number of nitrogens with zero attached hydrogens (tertiary/aromatic N) is 5. The number of aromatic nitrogens is 5. The molecule has 2 aromatic carbocycles. The minimum absolute atomic E-state index is 0.161. The standard InChI is InChI=1S/C25H19ClN6O2/c1-16-8-9-19(26)22(13-16)34-15-24(33)28-18-6-4-5-17(14-18)20-10-11-23-29-30-25(32(23)31-20)21-7-2-3-12-27-21/h2-14H,15H2,1H3,(H,28,33). The number of carbonyl (C=O) groups is 1. The Morgan fingerprint density at radius 2 is 1.91 bits per heavy atom. The first-order chi connectivity index (χ1) is 16.6. The zero-order valence-corrected chi connectivity index (χ0v) is 18.9. The second kappa shape index (κ2) is 9.29. The van der Waals surface area contributed by atoms with Crippen LogP contribution in [0.3, 0.4) is 0 Å². The highest BCUT2D eigenvalue weighted by Crippen LogP contribution is 2.26. The lowest BCUT2D eigenvalue weighted by atomic mass is 10.1. The summed E-state index contributed by atoms with van der Waals surface area (Å²) in [6.45, 7) is 1.77. The van der Waals surface area contributed by atoms with Crippen molar-refractivity contribution in [1.29, 1.82) is 0 Å². The number of amides is 1. The van der Waals surface area contributed by atoms with E-state index in [2.05, 4.69) is 20.5 Å². The lowest BCUT2D eigenvalue weighted by Crippen LogP contribution is -2.20. The molecule has 0 saturated carbocycles. The van der Waals surface area contributed by atoms with Crippen molar-refractivity contribution >= 4 is 28.8 Å². The Bertz CT molecular complexity index is 1490. The monoisotopic (exact) mass is 470 g/mol. The Hall–Kier alpha value is -4.30. The van der Waals surface area contributed by atoms with Crippen LogP contribution in [0.25, 0.3) is 28.4 Å². The van der Waals surface area contributed by atoms with Gasteiger partial charge in [0.2, 0.25) is 5.82 Å². The molecule has 0 fully saturated rings. The van der Waals surface area contributed by atoms with Gasteiger partial charge in [0.1, 0.15) is 11.4 Å². The van der Waals surface area contributed by atoms with Crippen molar-refractivity contribution in [2.45, 2.75) is 6.92 Å². The van der Waals surface area contributed by atoms with E-state index in [1.165, 1.54) is 0 Å². The zero-order chi connectivity index (χ0) is 23.5. The lowest BCUT2D eigenvalue weighted by Gasteiger charge is -2.10. The number of fused-ring (bicyclic) bond motifs is 1. The predicted molar refractivity (Wildman–Crippen MR) is 130 cm³/mol. The van der Waals surface area contributed by atoms with Crippen LogP contribution in [0.4, 0.5) is 5.69 Å². The fourth-order valence-electron chi connectivity index (χ4n) is 3.42. The van der Waals surface area contributed by atoms with Gasteiger partial charge in [0.25, 0.3) is 5.91 Å². The number of hydrogen-bond donors (Lipinski definition) is 1. The average Bonchev–Trinajstić information content (AvgIpc) is 3.29. The van der Waals surface area contributed by atoms with Gasteiger partial charge in [-0.25, -0.2) is 0 Å². The van der Waals surface area contributed by atoms with Crippen LogP contribution in [0.1, 0.15) is 5.56 Å². The molecule has 5 aromatic rings. The number of carbonyl (C=O) groups excluding carboxylic acids is 1. The van der Waals surface area contributed by atoms with E-state index >= 15 is 0 Å². The van der Waals surface area contributed by atoms with Crippen molar-refractivity contribution < 1.29 is 9.53 Å². The minimum atomic E-state index is -0.297. The van der Waals surface area contributed by atoms with Gasteiger partial charge in [-0.2, -0.15) is 9.61 Å². The second-order valence-electron chi connectivity index (χ2n) is 7.58. The van der Waals surface area contributed by atoms with Crippen molar-refractivity contribution in [3.63, 3.8) is 0 Å². The van der Waals surface area contributed by atoms with E-state index in [4.69, 9.17) is 21.4 Å². The van der Waals surface area contributed by atoms with Gasteiger partial charge in [-0.05, 0) is 61.0 Å². The van der Waals surface area contributed by atoms with Crippen LogP contribution >= 0.6 is 11.6 Å². The van der Waals surface area contributed by atoms with Gasteiger partial charge in [-0.3, -0.25) is 9.78 Å². The Labute approximate surface area is 200 Å². The van der Waals surface area contributed by atoms with Crippen LogP contribution in [0.15, 0.2) is 79.0 Å². The molecule has 34 heavy (non-hydrogen) atoms. The molecule has 0 unspecified atom stereocenters. The third-order valence-corrected chi connectivity index (χ3v) is 5.36. The average molecular weight is 471 g/mol. The quantitative estimate of drug-likeness (QED) is 0.382. The number of aryl methyl sites for hydroxylation is 1. The molecule has 0 saturated heterocycles. The smallest absolute Gasteiger partial charge is 0.262 e. The topological polar surface area (TPSA) is 94.3 Å². The molecular formula is C25H19ClN6O2. The van der Waals surface area contributed by atoms with Crippen LogP contribution in [0, 0.1) is 6.92 Å². The molecule has 5 rings (SSSR count). The SMILES string of the molecule is Cc1ccc(Cl)c(OCC(=O)Nc2cccc(-c3ccc4nnc(-c5ccccn5)n4n3)c2)c1. The molecule has 0 radical (unpaired) electrons. The van der Waals surface area contributed by atoms with E-state index in [0.717, 1.165) is 11.1 Å². The number of nitrogens with one attached hydrogen (secondary N) is 1. The molecular weight excluding hydrogens is 452 g/mol. The summed E-state index contributed by atoms with van der Waals surface area (Å²) in [7, 11) is 0. The molecule has 0 bridgehead atoms. The maximum Gasteiger partial charge on any atom is 0.262 e. The lowest BCUT2D eigenvalue weighted by molar-refractivity contribution is -0.118. The van der Waals surface area contributed by atoms with Crippen molar-refractivity contribution in [3.05, 3.63) is 89.6 Å². The van der Waals surface area contributed by atoms with Crippen LogP contribution in [0.5, 0.6) is 5.75 Å². The number of rotatable bonds is 6. The van der Waals surface area contributed by atoms with E-state index in [9.17, 15) is 4.79 Å². The molecule has 0 aliphatic rings. The number of benzene rings is 2. The second-order valence-corrected chi connectivity index (χ2v) is 7.99. The van der Waals surface area contributed by atoms with Crippen molar-refractivity contribution in [3.8, 4) is 28.5 Å². The largest absolute Gasteiger partial charge is 0.482 e. The maximum atomic E-state index is 12.4.